The summed E-state index contributed by atoms with van der Waals surface area (Å²) in [5.41, 5.74) is 0.354. The zero-order chi connectivity index (χ0) is 24.2. The van der Waals surface area contributed by atoms with Gasteiger partial charge in [-0.1, -0.05) is 30.3 Å². The number of Topliss-reactive ketones (excluding diaryl/α,β-unsaturated/α-hetero) is 1. The van der Waals surface area contributed by atoms with Crippen LogP contribution in [0.5, 0.6) is 11.5 Å². The number of nitriles is 2. The van der Waals surface area contributed by atoms with Crippen LogP contribution in [-0.4, -0.2) is 30.9 Å². The average molecular weight is 448 g/mol. The summed E-state index contributed by atoms with van der Waals surface area (Å²) in [6.07, 6.45) is -0.683. The monoisotopic (exact) mass is 448 g/mol. The van der Waals surface area contributed by atoms with Gasteiger partial charge in [0.25, 0.3) is 0 Å². The Morgan fingerprint density at radius 1 is 0.879 bits per heavy atom. The van der Waals surface area contributed by atoms with Crippen molar-refractivity contribution in [3.05, 3.63) is 60.2 Å². The Balaban J connectivity index is 2.51. The second-order valence-electron chi connectivity index (χ2n) is 6.93. The van der Waals surface area contributed by atoms with Crippen LogP contribution in [0.1, 0.15) is 31.7 Å². The molecule has 2 atom stereocenters. The molecule has 33 heavy (non-hydrogen) atoms. The molecule has 2 rings (SSSR count). The lowest BCUT2D eigenvalue weighted by Gasteiger charge is -2.26. The number of carbonyl (C=O) groups is 3. The summed E-state index contributed by atoms with van der Waals surface area (Å²) in [6.45, 7) is 3.21. The molecule has 8 nitrogen and oxygen atoms in total. The van der Waals surface area contributed by atoms with Gasteiger partial charge in [-0.05, 0) is 43.7 Å². The normalized spacial score (nSPS) is 12.0. The molecular weight excluding hydrogens is 424 g/mol. The Morgan fingerprint density at radius 3 is 2.12 bits per heavy atom. The Labute approximate surface area is 192 Å². The number of hydrogen-bond donors (Lipinski definition) is 0. The fraction of sp³-hybridized carbons (Fsp3) is 0.320. The zero-order valence-corrected chi connectivity index (χ0v) is 18.4. The molecule has 0 heterocycles. The Morgan fingerprint density at radius 2 is 1.52 bits per heavy atom. The fourth-order valence-electron chi connectivity index (χ4n) is 3.35. The topological polar surface area (TPSA) is 126 Å². The number of hydrogen-bond acceptors (Lipinski definition) is 8. The van der Waals surface area contributed by atoms with Crippen LogP contribution in [0.4, 0.5) is 0 Å². The first-order chi connectivity index (χ1) is 15.9. The molecule has 0 saturated carbocycles. The van der Waals surface area contributed by atoms with Crippen molar-refractivity contribution in [2.75, 3.05) is 13.2 Å². The highest BCUT2D eigenvalue weighted by Crippen LogP contribution is 2.36. The van der Waals surface area contributed by atoms with Gasteiger partial charge in [-0.2, -0.15) is 10.5 Å². The smallest absolute Gasteiger partial charge is 0.317 e. The summed E-state index contributed by atoms with van der Waals surface area (Å²) < 4.78 is 15.7. The van der Waals surface area contributed by atoms with Gasteiger partial charge in [0.05, 0.1) is 25.4 Å². The second-order valence-corrected chi connectivity index (χ2v) is 6.93. The number of nitrogens with zero attached hydrogens (tertiary/aromatic N) is 2. The maximum atomic E-state index is 13.0. The van der Waals surface area contributed by atoms with Crippen molar-refractivity contribution in [3.8, 4) is 23.6 Å². The van der Waals surface area contributed by atoms with Gasteiger partial charge in [-0.25, -0.2) is 0 Å². The highest BCUT2D eigenvalue weighted by molar-refractivity contribution is 6.07. The highest BCUT2D eigenvalue weighted by Gasteiger charge is 2.42. The summed E-state index contributed by atoms with van der Waals surface area (Å²) in [4.78, 5) is 37.7. The Bertz CT molecular complexity index is 1040. The molecule has 0 bridgehead atoms. The first-order valence-electron chi connectivity index (χ1n) is 10.4. The van der Waals surface area contributed by atoms with E-state index in [0.29, 0.717) is 17.1 Å². The van der Waals surface area contributed by atoms with E-state index in [2.05, 4.69) is 0 Å². The molecule has 2 aromatic rings. The maximum absolute atomic E-state index is 13.0. The molecule has 2 aromatic carbocycles. The number of benzene rings is 2. The van der Waals surface area contributed by atoms with E-state index in [9.17, 15) is 24.9 Å². The van der Waals surface area contributed by atoms with Gasteiger partial charge in [0, 0.05) is 5.92 Å². The molecule has 0 saturated heterocycles. The quantitative estimate of drug-likeness (QED) is 0.374. The van der Waals surface area contributed by atoms with Crippen LogP contribution in [-0.2, 0) is 23.9 Å². The summed E-state index contributed by atoms with van der Waals surface area (Å²) in [5, 5.41) is 19.2. The number of para-hydroxylation sites is 1. The zero-order valence-electron chi connectivity index (χ0n) is 18.4. The van der Waals surface area contributed by atoms with E-state index in [4.69, 9.17) is 14.2 Å². The van der Waals surface area contributed by atoms with E-state index in [-0.39, 0.29) is 13.2 Å². The third-order valence-electron chi connectivity index (χ3n) is 4.73. The molecule has 0 aliphatic rings. The Hall–Kier alpha value is -4.17. The van der Waals surface area contributed by atoms with Crippen molar-refractivity contribution in [2.24, 2.45) is 11.8 Å². The van der Waals surface area contributed by atoms with Crippen molar-refractivity contribution < 1.29 is 28.6 Å². The van der Waals surface area contributed by atoms with Gasteiger partial charge in [0.1, 0.15) is 29.8 Å². The van der Waals surface area contributed by atoms with E-state index >= 15 is 0 Å². The van der Waals surface area contributed by atoms with Crippen LogP contribution in [0, 0.1) is 34.5 Å². The second kappa shape index (κ2) is 12.6. The molecule has 0 spiro atoms. The molecule has 0 aliphatic heterocycles. The fourth-order valence-corrected chi connectivity index (χ4v) is 3.35. The van der Waals surface area contributed by atoms with Crippen molar-refractivity contribution in [1.29, 1.82) is 10.5 Å². The third-order valence-corrected chi connectivity index (χ3v) is 4.73. The molecule has 0 fully saturated rings. The van der Waals surface area contributed by atoms with Gasteiger partial charge in [0.15, 0.2) is 5.78 Å². The van der Waals surface area contributed by atoms with E-state index < -0.39 is 41.9 Å². The largest absolute Gasteiger partial charge is 0.466 e. The van der Waals surface area contributed by atoms with Crippen LogP contribution in [0.25, 0.3) is 0 Å². The highest BCUT2D eigenvalue weighted by atomic mass is 16.5. The van der Waals surface area contributed by atoms with Gasteiger partial charge in [0.2, 0.25) is 0 Å². The minimum atomic E-state index is -1.55. The first kappa shape index (κ1) is 25.1. The number of rotatable bonds is 11. The van der Waals surface area contributed by atoms with Crippen LogP contribution in [0.15, 0.2) is 54.6 Å². The van der Waals surface area contributed by atoms with E-state index in [0.717, 1.165) is 0 Å². The van der Waals surface area contributed by atoms with Crippen LogP contribution >= 0.6 is 0 Å². The summed E-state index contributed by atoms with van der Waals surface area (Å²) in [7, 11) is 0. The molecule has 0 radical (unpaired) electrons. The molecule has 8 heteroatoms. The summed E-state index contributed by atoms with van der Waals surface area (Å²) >= 11 is 0. The minimum absolute atomic E-state index is 0.0182. The van der Waals surface area contributed by atoms with Crippen molar-refractivity contribution in [1.82, 2.24) is 0 Å². The minimum Gasteiger partial charge on any atom is -0.466 e. The van der Waals surface area contributed by atoms with Crippen LogP contribution in [0.3, 0.4) is 0 Å². The molecule has 0 aromatic heterocycles. The number of esters is 2. The molecule has 2 unspecified atom stereocenters. The van der Waals surface area contributed by atoms with E-state index in [1.807, 2.05) is 18.2 Å². The predicted molar refractivity (Wildman–Crippen MR) is 117 cm³/mol. The molecular formula is C25H24N2O6. The number of carbonyl (C=O) groups excluding carboxylic acids is 3. The van der Waals surface area contributed by atoms with Crippen molar-refractivity contribution in [2.45, 2.75) is 26.2 Å². The van der Waals surface area contributed by atoms with E-state index in [1.54, 1.807) is 62.4 Å². The average Bonchev–Trinajstić information content (AvgIpc) is 2.80. The lowest BCUT2D eigenvalue weighted by atomic mass is 9.75. The number of ketones is 1. The maximum Gasteiger partial charge on any atom is 0.317 e. The summed E-state index contributed by atoms with van der Waals surface area (Å²) in [5.74, 6) is -5.66. The lowest BCUT2D eigenvalue weighted by Crippen LogP contribution is -2.36. The molecule has 0 aliphatic carbocycles. The Kier molecular flexibility index (Phi) is 9.60. The van der Waals surface area contributed by atoms with Gasteiger partial charge in [-0.3, -0.25) is 14.4 Å². The molecule has 0 amide bonds. The molecule has 0 N–H and O–H groups in total. The third kappa shape index (κ3) is 6.91. The predicted octanol–water partition coefficient (Wildman–Crippen LogP) is 3.93. The van der Waals surface area contributed by atoms with Crippen molar-refractivity contribution in [3.63, 3.8) is 0 Å². The van der Waals surface area contributed by atoms with Gasteiger partial charge in [-0.15, -0.1) is 0 Å². The van der Waals surface area contributed by atoms with Crippen molar-refractivity contribution >= 4 is 17.7 Å². The number of ether oxygens (including phenoxy) is 3. The standard InChI is InChI=1S/C25H24N2O6/c1-3-31-22(29)14-21(28)24(25(30)32-4-2)23(18(15-26)16-27)17-9-8-12-20(13-17)33-19-10-6-5-7-11-19/h5-13,18,23-24H,3-4,14H2,1-2H3. The lowest BCUT2D eigenvalue weighted by molar-refractivity contribution is -0.154. The van der Waals surface area contributed by atoms with E-state index in [1.165, 1.54) is 0 Å². The summed E-state index contributed by atoms with van der Waals surface area (Å²) in [6, 6.07) is 19.1. The van der Waals surface area contributed by atoms with Crippen LogP contribution < -0.4 is 4.74 Å². The van der Waals surface area contributed by atoms with Gasteiger partial charge < -0.3 is 14.2 Å². The SMILES string of the molecule is CCOC(=O)CC(=O)C(C(=O)OCC)C(c1cccc(Oc2ccccc2)c1)C(C#N)C#N. The molecule has 170 valence electrons. The first-order valence-corrected chi connectivity index (χ1v) is 10.4. The van der Waals surface area contributed by atoms with Gasteiger partial charge >= 0.3 is 11.9 Å². The van der Waals surface area contributed by atoms with Crippen LogP contribution in [0.2, 0.25) is 0 Å².